The summed E-state index contributed by atoms with van der Waals surface area (Å²) < 4.78 is 40.2. The predicted octanol–water partition coefficient (Wildman–Crippen LogP) is 4.52. The minimum Gasteiger partial charge on any atom is -0.493 e. The van der Waals surface area contributed by atoms with E-state index in [1.54, 1.807) is 17.9 Å². The molecule has 1 fully saturated rings. The van der Waals surface area contributed by atoms with Gasteiger partial charge in [-0.25, -0.2) is 8.78 Å². The van der Waals surface area contributed by atoms with E-state index >= 15 is 0 Å². The van der Waals surface area contributed by atoms with Crippen LogP contribution in [0.15, 0.2) is 42.6 Å². The van der Waals surface area contributed by atoms with Gasteiger partial charge in [-0.05, 0) is 30.3 Å². The van der Waals surface area contributed by atoms with E-state index in [9.17, 15) is 8.78 Å². The second kappa shape index (κ2) is 9.64. The van der Waals surface area contributed by atoms with Crippen LogP contribution in [-0.4, -0.2) is 42.2 Å². The number of hydrogen-bond donors (Lipinski definition) is 2. The van der Waals surface area contributed by atoms with Gasteiger partial charge in [0, 0.05) is 49.6 Å². The zero-order chi connectivity index (χ0) is 21.8. The summed E-state index contributed by atoms with van der Waals surface area (Å²) in [6.07, 6.45) is 2.43. The molecule has 0 bridgehead atoms. The van der Waals surface area contributed by atoms with E-state index in [2.05, 4.69) is 15.7 Å². The molecule has 0 amide bonds. The van der Waals surface area contributed by atoms with Crippen molar-refractivity contribution in [2.75, 3.05) is 31.6 Å². The van der Waals surface area contributed by atoms with E-state index in [-0.39, 0.29) is 6.10 Å². The Kier molecular flexibility index (Phi) is 6.70. The van der Waals surface area contributed by atoms with Crippen LogP contribution in [0.2, 0.25) is 5.02 Å². The molecule has 0 spiro atoms. The van der Waals surface area contributed by atoms with Gasteiger partial charge >= 0.3 is 0 Å². The Labute approximate surface area is 184 Å². The number of ether oxygens (including phenoxy) is 2. The van der Waals surface area contributed by atoms with Crippen LogP contribution >= 0.6 is 11.6 Å². The van der Waals surface area contributed by atoms with Crippen molar-refractivity contribution in [1.82, 2.24) is 15.1 Å². The van der Waals surface area contributed by atoms with Gasteiger partial charge in [0.25, 0.3) is 0 Å². The normalized spacial score (nSPS) is 16.3. The summed E-state index contributed by atoms with van der Waals surface area (Å²) in [6, 6.07) is 9.13. The van der Waals surface area contributed by atoms with E-state index in [0.29, 0.717) is 41.1 Å². The molecule has 2 aromatic carbocycles. The van der Waals surface area contributed by atoms with Crippen LogP contribution < -0.4 is 15.4 Å². The van der Waals surface area contributed by atoms with Gasteiger partial charge in [-0.1, -0.05) is 11.6 Å². The molecule has 2 N–H and O–H groups in total. The second-order valence-electron chi connectivity index (χ2n) is 7.26. The van der Waals surface area contributed by atoms with Crippen molar-refractivity contribution in [3.05, 3.63) is 59.3 Å². The molecule has 0 aliphatic carbocycles. The molecule has 9 heteroatoms. The predicted molar refractivity (Wildman–Crippen MR) is 116 cm³/mol. The molecule has 4 rings (SSSR count). The highest BCUT2D eigenvalue weighted by Gasteiger charge is 2.18. The van der Waals surface area contributed by atoms with Gasteiger partial charge in [-0.15, -0.1) is 0 Å². The molecule has 1 unspecified atom stereocenters. The third kappa shape index (κ3) is 5.15. The van der Waals surface area contributed by atoms with Gasteiger partial charge in [0.1, 0.15) is 5.75 Å². The lowest BCUT2D eigenvalue weighted by atomic mass is 10.1. The molecule has 3 aromatic rings. The van der Waals surface area contributed by atoms with Crippen molar-refractivity contribution < 1.29 is 18.3 Å². The molecule has 1 saturated heterocycles. The lowest BCUT2D eigenvalue weighted by Gasteiger charge is -2.23. The number of halogens is 3. The van der Waals surface area contributed by atoms with Crippen LogP contribution in [0.3, 0.4) is 0 Å². The number of benzene rings is 2. The van der Waals surface area contributed by atoms with Crippen LogP contribution in [-0.2, 0) is 11.8 Å². The standard InChI is InChI=1S/C22H23ClF2N4O2/c1-29-22(18(23)13-27-29)17-10-14(28-15-2-4-19(24)20(25)11-15)3-5-21(17)31-8-6-16-12-26-7-9-30-16/h2-5,10-11,13,16,26,28H,6-9,12H2,1H3. The number of nitrogens with one attached hydrogen (secondary N) is 2. The molecule has 1 aliphatic heterocycles. The Hall–Kier alpha value is -2.68. The summed E-state index contributed by atoms with van der Waals surface area (Å²) >= 11 is 6.38. The third-order valence-electron chi connectivity index (χ3n) is 5.04. The number of aromatic nitrogens is 2. The maximum atomic E-state index is 13.6. The summed E-state index contributed by atoms with van der Waals surface area (Å²) in [5, 5.41) is 11.1. The van der Waals surface area contributed by atoms with E-state index in [0.717, 1.165) is 37.2 Å². The van der Waals surface area contributed by atoms with Crippen LogP contribution in [0.5, 0.6) is 5.75 Å². The van der Waals surface area contributed by atoms with E-state index in [1.165, 1.54) is 6.07 Å². The summed E-state index contributed by atoms with van der Waals surface area (Å²) in [7, 11) is 1.79. The monoisotopic (exact) mass is 448 g/mol. The van der Waals surface area contributed by atoms with Gasteiger partial charge in [-0.3, -0.25) is 4.68 Å². The number of anilines is 2. The number of aryl methyl sites for hydroxylation is 1. The fraction of sp³-hybridized carbons (Fsp3) is 0.318. The minimum atomic E-state index is -0.917. The van der Waals surface area contributed by atoms with Crippen molar-refractivity contribution in [2.24, 2.45) is 7.05 Å². The average Bonchev–Trinajstić information content (AvgIpc) is 3.10. The van der Waals surface area contributed by atoms with Gasteiger partial charge in [0.15, 0.2) is 11.6 Å². The number of rotatable bonds is 7. The minimum absolute atomic E-state index is 0.117. The average molecular weight is 449 g/mol. The maximum Gasteiger partial charge on any atom is 0.160 e. The highest BCUT2D eigenvalue weighted by molar-refractivity contribution is 6.33. The fourth-order valence-electron chi connectivity index (χ4n) is 3.48. The Morgan fingerprint density at radius 1 is 1.23 bits per heavy atom. The molecular formula is C22H23ClF2N4O2. The number of morpholine rings is 1. The largest absolute Gasteiger partial charge is 0.493 e. The molecule has 0 radical (unpaired) electrons. The van der Waals surface area contributed by atoms with Crippen LogP contribution in [0.1, 0.15) is 6.42 Å². The summed E-state index contributed by atoms with van der Waals surface area (Å²) in [5.74, 6) is -1.17. The van der Waals surface area contributed by atoms with E-state index in [1.807, 2.05) is 18.2 Å². The van der Waals surface area contributed by atoms with Crippen LogP contribution in [0.4, 0.5) is 20.2 Å². The van der Waals surface area contributed by atoms with Crippen molar-refractivity contribution in [3.63, 3.8) is 0 Å². The smallest absolute Gasteiger partial charge is 0.160 e. The molecule has 1 aromatic heterocycles. The van der Waals surface area contributed by atoms with E-state index in [4.69, 9.17) is 21.1 Å². The van der Waals surface area contributed by atoms with Gasteiger partial charge in [-0.2, -0.15) is 5.10 Å². The van der Waals surface area contributed by atoms with Crippen molar-refractivity contribution in [2.45, 2.75) is 12.5 Å². The molecule has 1 aliphatic rings. The Bertz CT molecular complexity index is 1030. The number of nitrogens with zero attached hydrogens (tertiary/aromatic N) is 2. The molecule has 164 valence electrons. The van der Waals surface area contributed by atoms with E-state index < -0.39 is 11.6 Å². The van der Waals surface area contributed by atoms with Crippen molar-refractivity contribution >= 4 is 23.0 Å². The fourth-order valence-corrected chi connectivity index (χ4v) is 3.75. The van der Waals surface area contributed by atoms with Crippen molar-refractivity contribution in [3.8, 4) is 17.0 Å². The molecule has 6 nitrogen and oxygen atoms in total. The Morgan fingerprint density at radius 3 is 2.74 bits per heavy atom. The zero-order valence-corrected chi connectivity index (χ0v) is 17.8. The highest BCUT2D eigenvalue weighted by Crippen LogP contribution is 2.37. The van der Waals surface area contributed by atoms with Crippen LogP contribution in [0, 0.1) is 11.6 Å². The topological polar surface area (TPSA) is 60.3 Å². The Balaban J connectivity index is 1.57. The first kappa shape index (κ1) is 21.5. The quantitative estimate of drug-likeness (QED) is 0.556. The molecule has 0 saturated carbocycles. The molecule has 1 atom stereocenters. The zero-order valence-electron chi connectivity index (χ0n) is 17.0. The first-order chi connectivity index (χ1) is 15.0. The SMILES string of the molecule is Cn1ncc(Cl)c1-c1cc(Nc2ccc(F)c(F)c2)ccc1OCCC1CNCCO1. The molecular weight excluding hydrogens is 426 g/mol. The second-order valence-corrected chi connectivity index (χ2v) is 7.67. The molecule has 2 heterocycles. The first-order valence-corrected chi connectivity index (χ1v) is 10.4. The summed E-state index contributed by atoms with van der Waals surface area (Å²) in [4.78, 5) is 0. The third-order valence-corrected chi connectivity index (χ3v) is 5.32. The van der Waals surface area contributed by atoms with Gasteiger partial charge < -0.3 is 20.1 Å². The Morgan fingerprint density at radius 2 is 2.03 bits per heavy atom. The maximum absolute atomic E-state index is 13.6. The highest BCUT2D eigenvalue weighted by atomic mass is 35.5. The van der Waals surface area contributed by atoms with Gasteiger partial charge in [0.2, 0.25) is 0 Å². The van der Waals surface area contributed by atoms with Crippen LogP contribution in [0.25, 0.3) is 11.3 Å². The lowest BCUT2D eigenvalue weighted by molar-refractivity contribution is 0.0159. The van der Waals surface area contributed by atoms with Crippen molar-refractivity contribution in [1.29, 1.82) is 0 Å². The lowest BCUT2D eigenvalue weighted by Crippen LogP contribution is -2.39. The number of hydrogen-bond acceptors (Lipinski definition) is 5. The molecule has 31 heavy (non-hydrogen) atoms. The van der Waals surface area contributed by atoms with Gasteiger partial charge in [0.05, 0.1) is 36.2 Å². The summed E-state index contributed by atoms with van der Waals surface area (Å²) in [5.41, 5.74) is 2.53. The first-order valence-electron chi connectivity index (χ1n) is 10.0. The summed E-state index contributed by atoms with van der Waals surface area (Å²) in [6.45, 7) is 2.85.